The molecule has 6 heteroatoms. The largest absolute Gasteiger partial charge is 0.493 e. The molecule has 0 bridgehead atoms. The SMILES string of the molecule is N#Cc1ccc(OCC2CC(NC(=O)c3cc(-c4ccccc4)no3)C2)cc1. The van der Waals surface area contributed by atoms with Crippen molar-refractivity contribution in [2.45, 2.75) is 18.9 Å². The third-order valence-electron chi connectivity index (χ3n) is 4.84. The molecule has 0 unspecified atom stereocenters. The van der Waals surface area contributed by atoms with Crippen LogP contribution in [0.2, 0.25) is 0 Å². The van der Waals surface area contributed by atoms with Crippen LogP contribution in [0.5, 0.6) is 5.75 Å². The number of hydrogen-bond acceptors (Lipinski definition) is 5. The fourth-order valence-corrected chi connectivity index (χ4v) is 3.21. The molecule has 0 saturated heterocycles. The van der Waals surface area contributed by atoms with E-state index in [4.69, 9.17) is 14.5 Å². The Bertz CT molecular complexity index is 984. The smallest absolute Gasteiger partial charge is 0.290 e. The summed E-state index contributed by atoms with van der Waals surface area (Å²) >= 11 is 0. The first kappa shape index (κ1) is 17.8. The van der Waals surface area contributed by atoms with Crippen molar-refractivity contribution in [1.82, 2.24) is 10.5 Å². The van der Waals surface area contributed by atoms with Crippen LogP contribution < -0.4 is 10.1 Å². The number of ether oxygens (including phenoxy) is 1. The van der Waals surface area contributed by atoms with Crippen molar-refractivity contribution >= 4 is 5.91 Å². The number of rotatable bonds is 6. The minimum absolute atomic E-state index is 0.118. The van der Waals surface area contributed by atoms with Crippen molar-refractivity contribution in [3.63, 3.8) is 0 Å². The Morgan fingerprint density at radius 2 is 1.93 bits per heavy atom. The average Bonchev–Trinajstić information content (AvgIpc) is 3.21. The Balaban J connectivity index is 1.23. The summed E-state index contributed by atoms with van der Waals surface area (Å²) in [5.74, 6) is 1.12. The van der Waals surface area contributed by atoms with Gasteiger partial charge in [-0.05, 0) is 43.0 Å². The van der Waals surface area contributed by atoms with Crippen molar-refractivity contribution in [3.05, 3.63) is 72.0 Å². The second-order valence-corrected chi connectivity index (χ2v) is 6.90. The van der Waals surface area contributed by atoms with Gasteiger partial charge in [0.1, 0.15) is 11.4 Å². The number of carbonyl (C=O) groups excluding carboxylic acids is 1. The molecule has 0 atom stereocenters. The quantitative estimate of drug-likeness (QED) is 0.710. The number of carbonyl (C=O) groups is 1. The molecular weight excluding hydrogens is 354 g/mol. The van der Waals surface area contributed by atoms with Gasteiger partial charge < -0.3 is 14.6 Å². The standard InChI is InChI=1S/C22H19N3O3/c23-13-15-6-8-19(9-7-15)27-14-16-10-18(11-16)24-22(26)21-12-20(25-28-21)17-4-2-1-3-5-17/h1-9,12,16,18H,10-11,14H2,(H,24,26). The fourth-order valence-electron chi connectivity index (χ4n) is 3.21. The van der Waals surface area contributed by atoms with Gasteiger partial charge in [-0.25, -0.2) is 0 Å². The maximum absolute atomic E-state index is 12.3. The third kappa shape index (κ3) is 4.04. The van der Waals surface area contributed by atoms with E-state index in [1.54, 1.807) is 30.3 Å². The van der Waals surface area contributed by atoms with Crippen molar-refractivity contribution < 1.29 is 14.1 Å². The lowest BCUT2D eigenvalue weighted by Crippen LogP contribution is -2.45. The van der Waals surface area contributed by atoms with Crippen molar-refractivity contribution in [3.8, 4) is 23.1 Å². The van der Waals surface area contributed by atoms with Gasteiger partial charge in [-0.15, -0.1) is 0 Å². The first-order valence-corrected chi connectivity index (χ1v) is 9.17. The molecule has 0 radical (unpaired) electrons. The Hall–Kier alpha value is -3.59. The lowest BCUT2D eigenvalue weighted by molar-refractivity contribution is 0.0815. The van der Waals surface area contributed by atoms with Gasteiger partial charge in [0, 0.05) is 17.7 Å². The van der Waals surface area contributed by atoms with E-state index in [1.807, 2.05) is 30.3 Å². The molecule has 2 aromatic carbocycles. The zero-order valence-corrected chi connectivity index (χ0v) is 15.2. The number of nitrogens with one attached hydrogen (secondary N) is 1. The summed E-state index contributed by atoms with van der Waals surface area (Å²) in [6, 6.07) is 20.5. The van der Waals surface area contributed by atoms with Crippen molar-refractivity contribution in [1.29, 1.82) is 5.26 Å². The molecule has 4 rings (SSSR count). The molecule has 1 aromatic heterocycles. The normalized spacial score (nSPS) is 18.0. The third-order valence-corrected chi connectivity index (χ3v) is 4.84. The second kappa shape index (κ2) is 7.97. The Kier molecular flexibility index (Phi) is 5.07. The highest BCUT2D eigenvalue weighted by Crippen LogP contribution is 2.29. The molecule has 3 aromatic rings. The van der Waals surface area contributed by atoms with Crippen LogP contribution in [-0.4, -0.2) is 23.7 Å². The monoisotopic (exact) mass is 373 g/mol. The zero-order chi connectivity index (χ0) is 19.3. The number of nitriles is 1. The number of nitrogens with zero attached hydrogens (tertiary/aromatic N) is 2. The number of amides is 1. The molecule has 1 N–H and O–H groups in total. The van der Waals surface area contributed by atoms with Gasteiger partial charge in [-0.3, -0.25) is 4.79 Å². The van der Waals surface area contributed by atoms with E-state index < -0.39 is 0 Å². The summed E-state index contributed by atoms with van der Waals surface area (Å²) < 4.78 is 10.9. The van der Waals surface area contributed by atoms with Gasteiger partial charge in [0.2, 0.25) is 5.76 Å². The van der Waals surface area contributed by atoms with Gasteiger partial charge in [-0.1, -0.05) is 35.5 Å². The van der Waals surface area contributed by atoms with Crippen molar-refractivity contribution in [2.75, 3.05) is 6.61 Å². The van der Waals surface area contributed by atoms with E-state index in [1.165, 1.54) is 0 Å². The van der Waals surface area contributed by atoms with Crippen LogP contribution in [-0.2, 0) is 0 Å². The van der Waals surface area contributed by atoms with E-state index in [2.05, 4.69) is 16.5 Å². The highest BCUT2D eigenvalue weighted by Gasteiger charge is 2.31. The molecule has 1 fully saturated rings. The van der Waals surface area contributed by atoms with Crippen LogP contribution in [0, 0.1) is 17.2 Å². The molecule has 6 nitrogen and oxygen atoms in total. The summed E-state index contributed by atoms with van der Waals surface area (Å²) in [6.07, 6.45) is 1.73. The summed E-state index contributed by atoms with van der Waals surface area (Å²) in [7, 11) is 0. The topological polar surface area (TPSA) is 88.1 Å². The van der Waals surface area contributed by atoms with Gasteiger partial charge >= 0.3 is 0 Å². The number of benzene rings is 2. The molecule has 1 amide bonds. The fraction of sp³-hybridized carbons (Fsp3) is 0.227. The molecular formula is C22H19N3O3. The summed E-state index contributed by atoms with van der Waals surface area (Å²) in [4.78, 5) is 12.3. The summed E-state index contributed by atoms with van der Waals surface area (Å²) in [6.45, 7) is 0.596. The maximum atomic E-state index is 12.3. The van der Waals surface area contributed by atoms with Crippen LogP contribution in [0.4, 0.5) is 0 Å². The molecule has 1 aliphatic carbocycles. The van der Waals surface area contributed by atoms with Crippen LogP contribution in [0.15, 0.2) is 65.2 Å². The Labute approximate surface area is 162 Å². The van der Waals surface area contributed by atoms with Crippen molar-refractivity contribution in [2.24, 2.45) is 5.92 Å². The van der Waals surface area contributed by atoms with Crippen LogP contribution in [0.25, 0.3) is 11.3 Å². The summed E-state index contributed by atoms with van der Waals surface area (Å²) in [5, 5.41) is 15.8. The van der Waals surface area contributed by atoms with Gasteiger partial charge in [0.05, 0.1) is 18.2 Å². The first-order chi connectivity index (χ1) is 13.7. The lowest BCUT2D eigenvalue weighted by Gasteiger charge is -2.35. The predicted molar refractivity (Wildman–Crippen MR) is 103 cm³/mol. The second-order valence-electron chi connectivity index (χ2n) is 6.90. The Morgan fingerprint density at radius 1 is 1.18 bits per heavy atom. The first-order valence-electron chi connectivity index (χ1n) is 9.17. The lowest BCUT2D eigenvalue weighted by atomic mass is 9.81. The van der Waals surface area contributed by atoms with E-state index in [0.29, 0.717) is 23.8 Å². The predicted octanol–water partition coefficient (Wildman–Crippen LogP) is 3.80. The molecule has 0 aliphatic heterocycles. The minimum Gasteiger partial charge on any atom is -0.493 e. The zero-order valence-electron chi connectivity index (χ0n) is 15.2. The average molecular weight is 373 g/mol. The van der Waals surface area contributed by atoms with E-state index in [0.717, 1.165) is 24.2 Å². The van der Waals surface area contributed by atoms with Crippen LogP contribution in [0.3, 0.4) is 0 Å². The van der Waals surface area contributed by atoms with Crippen LogP contribution >= 0.6 is 0 Å². The minimum atomic E-state index is -0.244. The van der Waals surface area contributed by atoms with Gasteiger partial charge in [0.15, 0.2) is 0 Å². The molecule has 0 spiro atoms. The molecule has 1 aliphatic rings. The number of hydrogen-bond donors (Lipinski definition) is 1. The maximum Gasteiger partial charge on any atom is 0.290 e. The van der Waals surface area contributed by atoms with E-state index in [9.17, 15) is 4.79 Å². The summed E-state index contributed by atoms with van der Waals surface area (Å²) in [5.41, 5.74) is 2.17. The van der Waals surface area contributed by atoms with Gasteiger partial charge in [-0.2, -0.15) is 5.26 Å². The molecule has 28 heavy (non-hydrogen) atoms. The van der Waals surface area contributed by atoms with Gasteiger partial charge in [0.25, 0.3) is 5.91 Å². The molecule has 1 saturated carbocycles. The van der Waals surface area contributed by atoms with E-state index in [-0.39, 0.29) is 17.7 Å². The number of aromatic nitrogens is 1. The van der Waals surface area contributed by atoms with Crippen LogP contribution in [0.1, 0.15) is 29.0 Å². The molecule has 1 heterocycles. The van der Waals surface area contributed by atoms with E-state index >= 15 is 0 Å². The molecule has 140 valence electrons. The highest BCUT2D eigenvalue weighted by atomic mass is 16.5. The highest BCUT2D eigenvalue weighted by molar-refractivity contribution is 5.92. The Morgan fingerprint density at radius 3 is 2.64 bits per heavy atom.